The van der Waals surface area contributed by atoms with E-state index < -0.39 is 5.97 Å². The van der Waals surface area contributed by atoms with Crippen molar-refractivity contribution in [3.8, 4) is 0 Å². The Morgan fingerprint density at radius 2 is 1.70 bits per heavy atom. The molecule has 3 N–H and O–H groups in total. The zero-order valence-corrected chi connectivity index (χ0v) is 11.8. The van der Waals surface area contributed by atoms with Gasteiger partial charge in [0.05, 0.1) is 33.0 Å². The summed E-state index contributed by atoms with van der Waals surface area (Å²) in [4.78, 5) is 20.3. The van der Waals surface area contributed by atoms with Crippen molar-refractivity contribution in [3.05, 3.63) is 24.3 Å². The highest BCUT2D eigenvalue weighted by Gasteiger charge is 2.25. The number of carboxylic acids is 1. The summed E-state index contributed by atoms with van der Waals surface area (Å²) in [7, 11) is 1.35. The van der Waals surface area contributed by atoms with Crippen LogP contribution in [0.15, 0.2) is 24.3 Å². The molecule has 1 fully saturated rings. The fourth-order valence-corrected chi connectivity index (χ4v) is 0.688. The number of epoxide rings is 1. The van der Waals surface area contributed by atoms with Gasteiger partial charge in [-0.15, -0.1) is 0 Å². The minimum Gasteiger partial charge on any atom is -0.478 e. The molecule has 7 heteroatoms. The Morgan fingerprint density at radius 3 is 1.90 bits per heavy atom. The monoisotopic (exact) mass is 290 g/mol. The van der Waals surface area contributed by atoms with E-state index in [0.29, 0.717) is 12.0 Å². The maximum Gasteiger partial charge on any atom is 0.333 e. The summed E-state index contributed by atoms with van der Waals surface area (Å²) < 4.78 is 9.35. The van der Waals surface area contributed by atoms with E-state index in [4.69, 9.17) is 20.1 Å². The number of carbonyl (C=O) groups excluding carboxylic acids is 1. The number of rotatable bonds is 5. The van der Waals surface area contributed by atoms with E-state index in [2.05, 4.69) is 17.9 Å². The molecule has 0 bridgehead atoms. The summed E-state index contributed by atoms with van der Waals surface area (Å²) in [5, 5.41) is 23.1. The number of hydrogen-bond donors (Lipinski definition) is 3. The molecule has 0 aromatic carbocycles. The van der Waals surface area contributed by atoms with E-state index in [-0.39, 0.29) is 30.9 Å². The van der Waals surface area contributed by atoms with Gasteiger partial charge in [-0.2, -0.15) is 0 Å². The minimum absolute atomic E-state index is 0.125. The van der Waals surface area contributed by atoms with Crippen molar-refractivity contribution < 1.29 is 34.4 Å². The average Bonchev–Trinajstić information content (AvgIpc) is 3.22. The molecule has 1 unspecified atom stereocenters. The summed E-state index contributed by atoms with van der Waals surface area (Å²) in [5.41, 5.74) is 0.667. The van der Waals surface area contributed by atoms with Gasteiger partial charge in [-0.25, -0.2) is 9.59 Å². The van der Waals surface area contributed by atoms with E-state index >= 15 is 0 Å². The van der Waals surface area contributed by atoms with E-state index in [1.165, 1.54) is 14.0 Å². The number of esters is 1. The van der Waals surface area contributed by atoms with Crippen LogP contribution in [0.1, 0.15) is 13.3 Å². The molecular weight excluding hydrogens is 268 g/mol. The molecule has 0 aliphatic carbocycles. The summed E-state index contributed by atoms with van der Waals surface area (Å²) in [6.07, 6.45) is 0.818. The first kappa shape index (κ1) is 20.6. The molecule has 1 heterocycles. The molecule has 0 spiro atoms. The zero-order valence-electron chi connectivity index (χ0n) is 11.8. The van der Waals surface area contributed by atoms with Crippen LogP contribution in [0.2, 0.25) is 0 Å². The van der Waals surface area contributed by atoms with Gasteiger partial charge in [-0.05, 0) is 6.92 Å². The van der Waals surface area contributed by atoms with E-state index in [1.807, 2.05) is 0 Å². The zero-order chi connectivity index (χ0) is 16.1. The Balaban J connectivity index is 0. The fraction of sp³-hybridized carbons (Fsp3) is 0.538. The third-order valence-corrected chi connectivity index (χ3v) is 1.82. The van der Waals surface area contributed by atoms with Gasteiger partial charge in [-0.1, -0.05) is 13.2 Å². The predicted molar refractivity (Wildman–Crippen MR) is 72.1 cm³/mol. The topological polar surface area (TPSA) is 117 Å². The van der Waals surface area contributed by atoms with E-state index in [9.17, 15) is 9.59 Å². The predicted octanol–water partition coefficient (Wildman–Crippen LogP) is 0.123. The first-order chi connectivity index (χ1) is 9.29. The number of aliphatic carboxylic acids is 1. The number of ether oxygens (including phenoxy) is 2. The minimum atomic E-state index is -0.935. The molecule has 1 atom stereocenters. The number of carbonyl (C=O) groups is 2. The summed E-state index contributed by atoms with van der Waals surface area (Å²) >= 11 is 0. The average molecular weight is 290 g/mol. The highest BCUT2D eigenvalue weighted by Crippen LogP contribution is 2.18. The largest absolute Gasteiger partial charge is 0.478 e. The highest BCUT2D eigenvalue weighted by molar-refractivity contribution is 5.87. The molecular formula is C13H22O7. The summed E-state index contributed by atoms with van der Waals surface area (Å²) in [5.74, 6) is -1.27. The number of aliphatic hydroxyl groups excluding tert-OH is 2. The molecule has 1 saturated heterocycles. The molecule has 0 amide bonds. The van der Waals surface area contributed by atoms with Crippen molar-refractivity contribution >= 4 is 11.9 Å². The van der Waals surface area contributed by atoms with Gasteiger partial charge >= 0.3 is 11.9 Å². The normalized spacial score (nSPS) is 14.7. The number of methoxy groups -OCH3 is 1. The van der Waals surface area contributed by atoms with Gasteiger partial charge in [0.2, 0.25) is 0 Å². The smallest absolute Gasteiger partial charge is 0.333 e. The van der Waals surface area contributed by atoms with Crippen molar-refractivity contribution in [3.63, 3.8) is 0 Å². The van der Waals surface area contributed by atoms with Crippen molar-refractivity contribution in [2.24, 2.45) is 0 Å². The fourth-order valence-electron chi connectivity index (χ4n) is 0.688. The van der Waals surface area contributed by atoms with Crippen LogP contribution in [0.3, 0.4) is 0 Å². The van der Waals surface area contributed by atoms with Crippen LogP contribution < -0.4 is 0 Å². The van der Waals surface area contributed by atoms with Crippen molar-refractivity contribution in [1.82, 2.24) is 0 Å². The van der Waals surface area contributed by atoms with Crippen LogP contribution in [0.4, 0.5) is 0 Å². The maximum atomic E-state index is 10.7. The molecule has 0 aromatic rings. The third-order valence-electron chi connectivity index (χ3n) is 1.82. The molecule has 0 radical (unpaired) electrons. The summed E-state index contributed by atoms with van der Waals surface area (Å²) in [6, 6.07) is 0. The Bertz CT molecular complexity index is 318. The Labute approximate surface area is 118 Å². The second-order valence-corrected chi connectivity index (χ2v) is 3.79. The second-order valence-electron chi connectivity index (χ2n) is 3.79. The molecule has 7 nitrogen and oxygen atoms in total. The van der Waals surface area contributed by atoms with Gasteiger partial charge in [0, 0.05) is 17.6 Å². The van der Waals surface area contributed by atoms with Gasteiger partial charge < -0.3 is 24.8 Å². The Morgan fingerprint density at radius 1 is 1.30 bits per heavy atom. The standard InChI is InChI=1S/C7H10O3.C4H6O2.C2H6O2/c1-5(7(8)9-2)3-6-4-10-6;1-3(2)4(5)6;3-1-2-4/h6H,1,3-4H2,2H3;1H2,2H3,(H,5,6);3-4H,1-2H2. The number of carboxylic acid groups (broad SMARTS) is 1. The SMILES string of the molecule is C=C(C)C(=O)O.C=C(CC1CO1)C(=O)OC.OCCO. The number of aliphatic hydroxyl groups is 2. The number of hydrogen-bond acceptors (Lipinski definition) is 6. The van der Waals surface area contributed by atoms with Crippen LogP contribution in [-0.4, -0.2) is 60.3 Å². The quantitative estimate of drug-likeness (QED) is 0.374. The van der Waals surface area contributed by atoms with Crippen LogP contribution in [-0.2, 0) is 19.1 Å². The van der Waals surface area contributed by atoms with Gasteiger partial charge in [0.1, 0.15) is 0 Å². The maximum absolute atomic E-state index is 10.7. The molecule has 0 saturated carbocycles. The third kappa shape index (κ3) is 14.4. The molecule has 1 rings (SSSR count). The van der Waals surface area contributed by atoms with Crippen LogP contribution in [0, 0.1) is 0 Å². The van der Waals surface area contributed by atoms with Gasteiger partial charge in [0.25, 0.3) is 0 Å². The summed E-state index contributed by atoms with van der Waals surface area (Å²) in [6.45, 7) is 8.65. The lowest BCUT2D eigenvalue weighted by atomic mass is 10.2. The van der Waals surface area contributed by atoms with E-state index in [1.54, 1.807) is 0 Å². The molecule has 20 heavy (non-hydrogen) atoms. The molecule has 1 aliphatic rings. The van der Waals surface area contributed by atoms with Crippen LogP contribution in [0.5, 0.6) is 0 Å². The lowest BCUT2D eigenvalue weighted by Gasteiger charge is -1.98. The van der Waals surface area contributed by atoms with Gasteiger partial charge in [0.15, 0.2) is 0 Å². The first-order valence-corrected chi connectivity index (χ1v) is 5.78. The van der Waals surface area contributed by atoms with E-state index in [0.717, 1.165) is 6.61 Å². The van der Waals surface area contributed by atoms with Gasteiger partial charge in [-0.3, -0.25) is 0 Å². The highest BCUT2D eigenvalue weighted by atomic mass is 16.6. The van der Waals surface area contributed by atoms with Crippen molar-refractivity contribution in [1.29, 1.82) is 0 Å². The molecule has 0 aromatic heterocycles. The Hall–Kier alpha value is -1.70. The van der Waals surface area contributed by atoms with Crippen LogP contribution >= 0.6 is 0 Å². The van der Waals surface area contributed by atoms with Crippen LogP contribution in [0.25, 0.3) is 0 Å². The molecule has 116 valence electrons. The van der Waals surface area contributed by atoms with Crippen molar-refractivity contribution in [2.45, 2.75) is 19.4 Å². The lowest BCUT2D eigenvalue weighted by Crippen LogP contribution is -2.05. The second kappa shape index (κ2) is 12.3. The lowest BCUT2D eigenvalue weighted by molar-refractivity contribution is -0.136. The van der Waals surface area contributed by atoms with Crippen molar-refractivity contribution in [2.75, 3.05) is 26.9 Å². The first-order valence-electron chi connectivity index (χ1n) is 5.78. The molecule has 1 aliphatic heterocycles. The Kier molecular flexibility index (Phi) is 12.7.